The number of hydrogen-bond donors (Lipinski definition) is 0. The third-order valence-corrected chi connectivity index (χ3v) is 2.26. The van der Waals surface area contributed by atoms with Crippen LogP contribution in [-0.4, -0.2) is 6.29 Å². The minimum atomic E-state index is 0.744. The lowest BCUT2D eigenvalue weighted by Gasteiger charge is -2.04. The molecular formula is C10H11OP. The van der Waals surface area contributed by atoms with Crippen LogP contribution in [0.4, 0.5) is 0 Å². The molecule has 1 nitrogen and oxygen atoms in total. The van der Waals surface area contributed by atoms with Crippen LogP contribution in [0.3, 0.4) is 0 Å². The molecule has 0 saturated heterocycles. The Hall–Kier alpha value is -0.940. The zero-order chi connectivity index (χ0) is 8.97. The van der Waals surface area contributed by atoms with E-state index in [0.717, 1.165) is 29.1 Å². The Bertz CT molecular complexity index is 305. The summed E-state index contributed by atoms with van der Waals surface area (Å²) in [6.45, 7) is 3.65. The molecule has 62 valence electrons. The smallest absolute Gasteiger partial charge is 0.150 e. The average Bonchev–Trinajstić information content (AvgIpc) is 2.09. The molecule has 0 bridgehead atoms. The van der Waals surface area contributed by atoms with E-state index in [4.69, 9.17) is 0 Å². The summed E-state index contributed by atoms with van der Waals surface area (Å²) in [6, 6.07) is 5.66. The Kier molecular flexibility index (Phi) is 3.19. The molecule has 1 rings (SSSR count). The number of rotatable bonds is 3. The van der Waals surface area contributed by atoms with Gasteiger partial charge in [0.2, 0.25) is 0 Å². The Balaban J connectivity index is 3.18. The van der Waals surface area contributed by atoms with Gasteiger partial charge in [0.15, 0.2) is 0 Å². The van der Waals surface area contributed by atoms with Crippen molar-refractivity contribution < 1.29 is 4.79 Å². The Morgan fingerprint density at radius 3 is 2.83 bits per heavy atom. The van der Waals surface area contributed by atoms with Crippen molar-refractivity contribution in [2.45, 2.75) is 6.42 Å². The van der Waals surface area contributed by atoms with Gasteiger partial charge in [-0.05, 0) is 17.3 Å². The molecule has 1 unspecified atom stereocenters. The highest BCUT2D eigenvalue weighted by Gasteiger charge is 2.01. The molecule has 0 amide bonds. The maximum Gasteiger partial charge on any atom is 0.150 e. The van der Waals surface area contributed by atoms with E-state index in [9.17, 15) is 4.79 Å². The standard InChI is InChI=1S/C10H11OP/c1-2-4-9-8(7-11)5-3-6-10(9)12/h2-3,5-7H,1,4,12H2. The molecule has 0 heterocycles. The molecular weight excluding hydrogens is 167 g/mol. The van der Waals surface area contributed by atoms with E-state index in [1.807, 2.05) is 18.2 Å². The van der Waals surface area contributed by atoms with Crippen molar-refractivity contribution in [2.24, 2.45) is 0 Å². The number of carbonyl (C=O) groups excluding carboxylic acids is 1. The SMILES string of the molecule is C=CCc1c(P)cccc1C=O. The third kappa shape index (κ3) is 1.80. The van der Waals surface area contributed by atoms with Gasteiger partial charge in [-0.2, -0.15) is 0 Å². The molecule has 0 spiro atoms. The van der Waals surface area contributed by atoms with Gasteiger partial charge < -0.3 is 0 Å². The van der Waals surface area contributed by atoms with E-state index in [1.54, 1.807) is 6.08 Å². The van der Waals surface area contributed by atoms with Crippen molar-refractivity contribution in [1.29, 1.82) is 0 Å². The Labute approximate surface area is 74.7 Å². The van der Waals surface area contributed by atoms with Crippen LogP contribution in [0.25, 0.3) is 0 Å². The van der Waals surface area contributed by atoms with E-state index in [1.165, 1.54) is 0 Å². The summed E-state index contributed by atoms with van der Waals surface area (Å²) in [4.78, 5) is 10.6. The normalized spacial score (nSPS) is 9.42. The van der Waals surface area contributed by atoms with Gasteiger partial charge in [-0.1, -0.05) is 24.3 Å². The lowest BCUT2D eigenvalue weighted by molar-refractivity contribution is 0.112. The molecule has 0 aromatic heterocycles. The average molecular weight is 178 g/mol. The molecule has 0 fully saturated rings. The summed E-state index contributed by atoms with van der Waals surface area (Å²) < 4.78 is 0. The molecule has 0 aliphatic heterocycles. The first-order valence-electron chi connectivity index (χ1n) is 3.73. The molecule has 0 saturated carbocycles. The van der Waals surface area contributed by atoms with Gasteiger partial charge in [0.25, 0.3) is 0 Å². The second-order valence-corrected chi connectivity index (χ2v) is 3.15. The van der Waals surface area contributed by atoms with Gasteiger partial charge in [-0.15, -0.1) is 15.8 Å². The largest absolute Gasteiger partial charge is 0.298 e. The first-order valence-corrected chi connectivity index (χ1v) is 4.30. The van der Waals surface area contributed by atoms with Crippen LogP contribution < -0.4 is 5.30 Å². The predicted octanol–water partition coefficient (Wildman–Crippen LogP) is 1.73. The number of hydrogen-bond acceptors (Lipinski definition) is 1. The monoisotopic (exact) mass is 178 g/mol. The maximum absolute atomic E-state index is 10.6. The number of aldehydes is 1. The van der Waals surface area contributed by atoms with Crippen LogP contribution in [0.15, 0.2) is 30.9 Å². The quantitative estimate of drug-likeness (QED) is 0.391. The molecule has 0 radical (unpaired) electrons. The lowest BCUT2D eigenvalue weighted by atomic mass is 10.1. The molecule has 0 aliphatic rings. The fourth-order valence-electron chi connectivity index (χ4n) is 1.11. The van der Waals surface area contributed by atoms with E-state index in [2.05, 4.69) is 15.8 Å². The van der Waals surface area contributed by atoms with Crippen LogP contribution in [0.1, 0.15) is 15.9 Å². The number of allylic oxidation sites excluding steroid dienone is 1. The van der Waals surface area contributed by atoms with Gasteiger partial charge in [0, 0.05) is 5.56 Å². The van der Waals surface area contributed by atoms with Crippen LogP contribution >= 0.6 is 9.24 Å². The molecule has 0 N–H and O–H groups in total. The first-order chi connectivity index (χ1) is 5.79. The third-order valence-electron chi connectivity index (χ3n) is 1.72. The second-order valence-electron chi connectivity index (χ2n) is 2.53. The molecule has 0 aliphatic carbocycles. The van der Waals surface area contributed by atoms with Crippen LogP contribution in [0, 0.1) is 0 Å². The van der Waals surface area contributed by atoms with E-state index in [0.29, 0.717) is 0 Å². The predicted molar refractivity (Wildman–Crippen MR) is 55.1 cm³/mol. The summed E-state index contributed by atoms with van der Waals surface area (Å²) in [5, 5.41) is 1.07. The highest BCUT2D eigenvalue weighted by atomic mass is 31.0. The number of carbonyl (C=O) groups is 1. The van der Waals surface area contributed by atoms with E-state index < -0.39 is 0 Å². The highest BCUT2D eigenvalue weighted by Crippen LogP contribution is 2.08. The minimum Gasteiger partial charge on any atom is -0.298 e. The minimum absolute atomic E-state index is 0.744. The fourth-order valence-corrected chi connectivity index (χ4v) is 1.51. The second kappa shape index (κ2) is 4.18. The molecule has 2 heteroatoms. The van der Waals surface area contributed by atoms with Gasteiger partial charge in [-0.3, -0.25) is 4.79 Å². The van der Waals surface area contributed by atoms with Crippen molar-refractivity contribution >= 4 is 20.8 Å². The van der Waals surface area contributed by atoms with E-state index in [-0.39, 0.29) is 0 Å². The van der Waals surface area contributed by atoms with Crippen LogP contribution in [0.2, 0.25) is 0 Å². The summed E-state index contributed by atoms with van der Waals surface area (Å²) in [7, 11) is 2.62. The van der Waals surface area contributed by atoms with Gasteiger partial charge >= 0.3 is 0 Å². The Morgan fingerprint density at radius 2 is 2.25 bits per heavy atom. The van der Waals surface area contributed by atoms with Crippen molar-refractivity contribution in [3.63, 3.8) is 0 Å². The molecule has 1 atom stereocenters. The summed E-state index contributed by atoms with van der Waals surface area (Å²) >= 11 is 0. The Morgan fingerprint density at radius 1 is 1.50 bits per heavy atom. The van der Waals surface area contributed by atoms with Gasteiger partial charge in [-0.25, -0.2) is 0 Å². The van der Waals surface area contributed by atoms with Crippen LogP contribution in [-0.2, 0) is 6.42 Å². The zero-order valence-corrected chi connectivity index (χ0v) is 7.94. The van der Waals surface area contributed by atoms with Crippen molar-refractivity contribution in [3.05, 3.63) is 42.0 Å². The first kappa shape index (κ1) is 9.15. The van der Waals surface area contributed by atoms with Crippen molar-refractivity contribution in [3.8, 4) is 0 Å². The van der Waals surface area contributed by atoms with Crippen molar-refractivity contribution in [1.82, 2.24) is 0 Å². The van der Waals surface area contributed by atoms with Crippen LogP contribution in [0.5, 0.6) is 0 Å². The molecule has 1 aromatic rings. The summed E-state index contributed by atoms with van der Waals surface area (Å²) in [5.74, 6) is 0. The van der Waals surface area contributed by atoms with Gasteiger partial charge in [0.05, 0.1) is 0 Å². The van der Waals surface area contributed by atoms with E-state index >= 15 is 0 Å². The molecule has 1 aromatic carbocycles. The fraction of sp³-hybridized carbons (Fsp3) is 0.100. The molecule has 12 heavy (non-hydrogen) atoms. The summed E-state index contributed by atoms with van der Waals surface area (Å²) in [6.07, 6.45) is 3.43. The zero-order valence-electron chi connectivity index (χ0n) is 6.79. The number of benzene rings is 1. The van der Waals surface area contributed by atoms with Gasteiger partial charge in [0.1, 0.15) is 6.29 Å². The van der Waals surface area contributed by atoms with Crippen molar-refractivity contribution in [2.75, 3.05) is 0 Å². The maximum atomic E-state index is 10.6. The topological polar surface area (TPSA) is 17.1 Å². The summed E-state index contributed by atoms with van der Waals surface area (Å²) in [5.41, 5.74) is 1.80. The lowest BCUT2D eigenvalue weighted by Crippen LogP contribution is -2.04. The highest BCUT2D eigenvalue weighted by molar-refractivity contribution is 7.27.